The van der Waals surface area contributed by atoms with Crippen LogP contribution in [0.1, 0.15) is 5.56 Å². The molecule has 0 bridgehead atoms. The van der Waals surface area contributed by atoms with Crippen molar-refractivity contribution in [2.75, 3.05) is 5.94 Å². The molecule has 0 atom stereocenters. The van der Waals surface area contributed by atoms with E-state index in [2.05, 4.69) is 0 Å². The summed E-state index contributed by atoms with van der Waals surface area (Å²) in [6, 6.07) is 15.6. The number of nitro groups is 1. The van der Waals surface area contributed by atoms with Crippen molar-refractivity contribution >= 4 is 17.4 Å². The molecule has 0 saturated heterocycles. The minimum Gasteiger partial charge on any atom is -0.481 e. The zero-order chi connectivity index (χ0) is 14.4. The number of thioether (sulfide) groups is 1. The summed E-state index contributed by atoms with van der Waals surface area (Å²) in [6.07, 6.45) is 0. The van der Waals surface area contributed by atoms with Crippen molar-refractivity contribution in [3.05, 3.63) is 64.2 Å². The Morgan fingerprint density at radius 1 is 1.25 bits per heavy atom. The predicted molar refractivity (Wildman–Crippen MR) is 75.6 cm³/mol. The van der Waals surface area contributed by atoms with Crippen molar-refractivity contribution in [3.8, 4) is 11.8 Å². The summed E-state index contributed by atoms with van der Waals surface area (Å²) in [4.78, 5) is 11.1. The van der Waals surface area contributed by atoms with Crippen LogP contribution in [0.5, 0.6) is 5.75 Å². The van der Waals surface area contributed by atoms with Crippen LogP contribution < -0.4 is 4.74 Å². The number of ether oxygens (including phenoxy) is 1. The Kier molecular flexibility index (Phi) is 4.58. The average Bonchev–Trinajstić information content (AvgIpc) is 2.48. The molecule has 2 aromatic rings. The Labute approximate surface area is 120 Å². The van der Waals surface area contributed by atoms with Gasteiger partial charge in [-0.05, 0) is 18.2 Å². The van der Waals surface area contributed by atoms with Gasteiger partial charge >= 0.3 is 0 Å². The SMILES string of the molecule is N#Cc1cc([N+](=O)[O-])ccc1OCSc1ccccc1. The van der Waals surface area contributed by atoms with Gasteiger partial charge in [0, 0.05) is 17.0 Å². The Morgan fingerprint density at radius 3 is 2.65 bits per heavy atom. The molecule has 5 nitrogen and oxygen atoms in total. The van der Waals surface area contributed by atoms with E-state index in [0.29, 0.717) is 11.7 Å². The molecule has 0 aromatic heterocycles. The Hall–Kier alpha value is -2.52. The molecule has 0 aliphatic heterocycles. The van der Waals surface area contributed by atoms with Crippen LogP contribution in [-0.2, 0) is 0 Å². The van der Waals surface area contributed by atoms with Gasteiger partial charge in [0.1, 0.15) is 23.3 Å². The first-order valence-electron chi connectivity index (χ1n) is 5.70. The zero-order valence-corrected chi connectivity index (χ0v) is 11.2. The molecule has 0 aliphatic rings. The highest BCUT2D eigenvalue weighted by Gasteiger charge is 2.11. The largest absolute Gasteiger partial charge is 0.481 e. The van der Waals surface area contributed by atoms with Gasteiger partial charge < -0.3 is 4.74 Å². The van der Waals surface area contributed by atoms with Crippen LogP contribution in [0.2, 0.25) is 0 Å². The highest BCUT2D eigenvalue weighted by atomic mass is 32.2. The lowest BCUT2D eigenvalue weighted by atomic mass is 10.2. The lowest BCUT2D eigenvalue weighted by Gasteiger charge is -2.07. The third-order valence-corrected chi connectivity index (χ3v) is 3.32. The number of nitro benzene ring substituents is 1. The Balaban J connectivity index is 2.03. The van der Waals surface area contributed by atoms with Gasteiger partial charge in [-0.25, -0.2) is 0 Å². The second-order valence-corrected chi connectivity index (χ2v) is 4.76. The molecule has 0 N–H and O–H groups in total. The number of rotatable bonds is 5. The van der Waals surface area contributed by atoms with E-state index in [1.807, 2.05) is 36.4 Å². The van der Waals surface area contributed by atoms with Crippen molar-refractivity contribution in [1.82, 2.24) is 0 Å². The molecule has 0 radical (unpaired) electrons. The first kappa shape index (κ1) is 13.9. The predicted octanol–water partition coefficient (Wildman–Crippen LogP) is 3.60. The first-order chi connectivity index (χ1) is 9.70. The molecule has 0 aliphatic carbocycles. The van der Waals surface area contributed by atoms with Gasteiger partial charge in [0.2, 0.25) is 0 Å². The normalized spacial score (nSPS) is 9.75. The molecule has 6 heteroatoms. The molecule has 2 rings (SSSR count). The van der Waals surface area contributed by atoms with Gasteiger partial charge in [0.25, 0.3) is 5.69 Å². The summed E-state index contributed by atoms with van der Waals surface area (Å²) in [6.45, 7) is 0. The fourth-order valence-electron chi connectivity index (χ4n) is 1.52. The Morgan fingerprint density at radius 2 is 2.00 bits per heavy atom. The van der Waals surface area contributed by atoms with E-state index in [0.717, 1.165) is 4.90 Å². The molecular weight excluding hydrogens is 276 g/mol. The molecule has 0 spiro atoms. The van der Waals surface area contributed by atoms with Crippen molar-refractivity contribution < 1.29 is 9.66 Å². The molecule has 0 unspecified atom stereocenters. The lowest BCUT2D eigenvalue weighted by molar-refractivity contribution is -0.384. The highest BCUT2D eigenvalue weighted by molar-refractivity contribution is 7.99. The van der Waals surface area contributed by atoms with E-state index in [-0.39, 0.29) is 11.3 Å². The van der Waals surface area contributed by atoms with Gasteiger partial charge in [-0.2, -0.15) is 5.26 Å². The molecule has 2 aromatic carbocycles. The minimum absolute atomic E-state index is 0.121. The van der Waals surface area contributed by atoms with Crippen LogP contribution in [0.3, 0.4) is 0 Å². The van der Waals surface area contributed by atoms with E-state index < -0.39 is 4.92 Å². The molecule has 0 fully saturated rings. The van der Waals surface area contributed by atoms with Gasteiger partial charge in [-0.1, -0.05) is 30.0 Å². The molecule has 0 saturated carbocycles. The van der Waals surface area contributed by atoms with Gasteiger partial charge in [-0.15, -0.1) is 0 Å². The third kappa shape index (κ3) is 3.49. The number of benzene rings is 2. The lowest BCUT2D eigenvalue weighted by Crippen LogP contribution is -1.96. The number of hydrogen-bond donors (Lipinski definition) is 0. The smallest absolute Gasteiger partial charge is 0.271 e. The summed E-state index contributed by atoms with van der Waals surface area (Å²) in [5.74, 6) is 0.679. The van der Waals surface area contributed by atoms with Gasteiger partial charge in [0.05, 0.1) is 4.92 Å². The topological polar surface area (TPSA) is 76.2 Å². The summed E-state index contributed by atoms with van der Waals surface area (Å²) < 4.78 is 5.48. The summed E-state index contributed by atoms with van der Waals surface area (Å²) in [5.41, 5.74) is 0.0393. The van der Waals surface area contributed by atoms with E-state index in [1.54, 1.807) is 0 Å². The number of hydrogen-bond acceptors (Lipinski definition) is 5. The Bertz CT molecular complexity index is 653. The van der Waals surface area contributed by atoms with E-state index >= 15 is 0 Å². The second kappa shape index (κ2) is 6.59. The maximum absolute atomic E-state index is 10.6. The van der Waals surface area contributed by atoms with E-state index in [1.165, 1.54) is 30.0 Å². The third-order valence-electron chi connectivity index (χ3n) is 2.48. The van der Waals surface area contributed by atoms with Crippen molar-refractivity contribution in [2.45, 2.75) is 4.90 Å². The van der Waals surface area contributed by atoms with Gasteiger partial charge in [0.15, 0.2) is 0 Å². The molecule has 20 heavy (non-hydrogen) atoms. The second-order valence-electron chi connectivity index (χ2n) is 3.77. The van der Waals surface area contributed by atoms with Crippen LogP contribution in [0, 0.1) is 21.4 Å². The average molecular weight is 286 g/mol. The van der Waals surface area contributed by atoms with Crippen molar-refractivity contribution in [2.24, 2.45) is 0 Å². The number of nitriles is 1. The maximum Gasteiger partial charge on any atom is 0.271 e. The molecule has 0 heterocycles. The van der Waals surface area contributed by atoms with Gasteiger partial charge in [-0.3, -0.25) is 10.1 Å². The molecule has 100 valence electrons. The van der Waals surface area contributed by atoms with Crippen LogP contribution in [-0.4, -0.2) is 10.9 Å². The quantitative estimate of drug-likeness (QED) is 0.363. The monoisotopic (exact) mass is 286 g/mol. The summed E-state index contributed by atoms with van der Waals surface area (Å²) >= 11 is 1.48. The van der Waals surface area contributed by atoms with Crippen molar-refractivity contribution in [1.29, 1.82) is 5.26 Å². The number of non-ortho nitro benzene ring substituents is 1. The van der Waals surface area contributed by atoms with Crippen LogP contribution in [0.4, 0.5) is 5.69 Å². The first-order valence-corrected chi connectivity index (χ1v) is 6.68. The van der Waals surface area contributed by atoms with E-state index in [4.69, 9.17) is 10.00 Å². The van der Waals surface area contributed by atoms with Crippen LogP contribution in [0.25, 0.3) is 0 Å². The maximum atomic E-state index is 10.6. The zero-order valence-electron chi connectivity index (χ0n) is 10.4. The van der Waals surface area contributed by atoms with E-state index in [9.17, 15) is 10.1 Å². The number of nitrogens with zero attached hydrogens (tertiary/aromatic N) is 2. The molecule has 0 amide bonds. The van der Waals surface area contributed by atoms with Crippen LogP contribution in [0.15, 0.2) is 53.4 Å². The summed E-state index contributed by atoms with van der Waals surface area (Å²) in [7, 11) is 0. The highest BCUT2D eigenvalue weighted by Crippen LogP contribution is 2.25. The summed E-state index contributed by atoms with van der Waals surface area (Å²) in [5, 5.41) is 19.6. The fraction of sp³-hybridized carbons (Fsp3) is 0.0714. The molecular formula is C14H10N2O3S. The standard InChI is InChI=1S/C14H10N2O3S/c15-9-11-8-12(16(17)18)6-7-14(11)19-10-20-13-4-2-1-3-5-13/h1-8H,10H2. The van der Waals surface area contributed by atoms with Crippen molar-refractivity contribution in [3.63, 3.8) is 0 Å². The van der Waals surface area contributed by atoms with Crippen LogP contribution >= 0.6 is 11.8 Å². The minimum atomic E-state index is -0.538. The fourth-order valence-corrected chi connectivity index (χ4v) is 2.19.